The first-order chi connectivity index (χ1) is 9.86. The van der Waals surface area contributed by atoms with Gasteiger partial charge in [-0.1, -0.05) is 26.7 Å². The summed E-state index contributed by atoms with van der Waals surface area (Å²) in [4.78, 5) is 0.269. The molecule has 0 N–H and O–H groups in total. The summed E-state index contributed by atoms with van der Waals surface area (Å²) in [5, 5.41) is 0. The van der Waals surface area contributed by atoms with Crippen molar-refractivity contribution in [3.8, 4) is 0 Å². The highest BCUT2D eigenvalue weighted by molar-refractivity contribution is 7.89. The summed E-state index contributed by atoms with van der Waals surface area (Å²) in [7, 11) is -3.52. The van der Waals surface area contributed by atoms with E-state index in [9.17, 15) is 8.42 Å². The van der Waals surface area contributed by atoms with Gasteiger partial charge in [0.1, 0.15) is 16.4 Å². The molecule has 0 atom stereocenters. The summed E-state index contributed by atoms with van der Waals surface area (Å²) in [6, 6.07) is 1.69. The number of hydrogen-bond acceptors (Lipinski definition) is 3. The maximum atomic E-state index is 13.0. The van der Waals surface area contributed by atoms with Crippen LogP contribution >= 0.6 is 11.6 Å². The van der Waals surface area contributed by atoms with Crippen molar-refractivity contribution in [3.05, 3.63) is 17.6 Å². The first kappa shape index (κ1) is 16.8. The molecule has 0 aliphatic heterocycles. The molecule has 0 spiro atoms. The van der Waals surface area contributed by atoms with Crippen LogP contribution in [0.25, 0.3) is 0 Å². The molecule has 0 aromatic carbocycles. The fourth-order valence-electron chi connectivity index (χ4n) is 2.97. The van der Waals surface area contributed by atoms with Crippen LogP contribution in [0, 0.1) is 12.8 Å². The van der Waals surface area contributed by atoms with Gasteiger partial charge in [0.05, 0.1) is 5.88 Å². The van der Waals surface area contributed by atoms with Gasteiger partial charge in [0, 0.05) is 18.7 Å². The minimum absolute atomic E-state index is 0.117. The smallest absolute Gasteiger partial charge is 0.246 e. The van der Waals surface area contributed by atoms with Gasteiger partial charge in [-0.25, -0.2) is 8.42 Å². The van der Waals surface area contributed by atoms with Crippen molar-refractivity contribution >= 4 is 21.6 Å². The lowest BCUT2D eigenvalue weighted by molar-refractivity contribution is 0.292. The Morgan fingerprint density at radius 3 is 2.48 bits per heavy atom. The summed E-state index contributed by atoms with van der Waals surface area (Å²) in [5.74, 6) is 1.41. The van der Waals surface area contributed by atoms with Gasteiger partial charge in [-0.3, -0.25) is 0 Å². The van der Waals surface area contributed by atoms with Crippen molar-refractivity contribution < 1.29 is 12.8 Å². The molecule has 0 amide bonds. The highest BCUT2D eigenvalue weighted by Crippen LogP contribution is 2.32. The average Bonchev–Trinajstić information content (AvgIpc) is 3.04. The second kappa shape index (κ2) is 6.71. The molecule has 1 heterocycles. The SMILES string of the molecule is Cc1oc(CCl)cc1S(=O)(=O)N(CC(C)C)C1CCCC1. The molecule has 4 nitrogen and oxygen atoms in total. The molecule has 21 heavy (non-hydrogen) atoms. The predicted octanol–water partition coefficient (Wildman–Crippen LogP) is 3.92. The fourth-order valence-corrected chi connectivity index (χ4v) is 5.14. The molecule has 1 aliphatic carbocycles. The molecule has 0 unspecified atom stereocenters. The van der Waals surface area contributed by atoms with Crippen LogP contribution in [0.5, 0.6) is 0 Å². The lowest BCUT2D eigenvalue weighted by atomic mass is 10.2. The zero-order chi connectivity index (χ0) is 15.6. The standard InChI is InChI=1S/C15H24ClNO3S/c1-11(2)10-17(13-6-4-5-7-13)21(18,19)15-8-14(9-16)20-12(15)3/h8,11,13H,4-7,9-10H2,1-3H3. The lowest BCUT2D eigenvalue weighted by Crippen LogP contribution is -2.41. The number of hydrogen-bond donors (Lipinski definition) is 0. The van der Waals surface area contributed by atoms with Crippen LogP contribution in [0.1, 0.15) is 51.1 Å². The van der Waals surface area contributed by atoms with Crippen molar-refractivity contribution in [3.63, 3.8) is 0 Å². The molecule has 0 radical (unpaired) electrons. The van der Waals surface area contributed by atoms with Gasteiger partial charge in [0.25, 0.3) is 0 Å². The van der Waals surface area contributed by atoms with Crippen LogP contribution < -0.4 is 0 Å². The van der Waals surface area contributed by atoms with Gasteiger partial charge >= 0.3 is 0 Å². The largest absolute Gasteiger partial charge is 0.464 e. The van der Waals surface area contributed by atoms with Crippen LogP contribution in [0.15, 0.2) is 15.4 Å². The van der Waals surface area contributed by atoms with Crippen LogP contribution in [-0.4, -0.2) is 25.3 Å². The number of halogens is 1. The normalized spacial score (nSPS) is 17.2. The summed E-state index contributed by atoms with van der Waals surface area (Å²) in [6.45, 7) is 6.33. The van der Waals surface area contributed by atoms with Crippen molar-refractivity contribution in [2.75, 3.05) is 6.54 Å². The molecule has 1 aliphatic rings. The minimum atomic E-state index is -3.52. The van der Waals surface area contributed by atoms with E-state index in [1.807, 2.05) is 13.8 Å². The first-order valence-corrected chi connectivity index (χ1v) is 9.50. The van der Waals surface area contributed by atoms with Crippen molar-refractivity contribution in [2.45, 2.75) is 63.3 Å². The molecule has 1 saturated carbocycles. The molecule has 6 heteroatoms. The third-order valence-electron chi connectivity index (χ3n) is 3.92. The Balaban J connectivity index is 2.38. The Labute approximate surface area is 132 Å². The van der Waals surface area contributed by atoms with Crippen LogP contribution in [0.2, 0.25) is 0 Å². The van der Waals surface area contributed by atoms with Gasteiger partial charge in [-0.05, 0) is 25.7 Å². The third kappa shape index (κ3) is 3.63. The second-order valence-electron chi connectivity index (χ2n) is 6.17. The Morgan fingerprint density at radius 2 is 2.00 bits per heavy atom. The molecular formula is C15H24ClNO3S. The Hall–Kier alpha value is -0.520. The van der Waals surface area contributed by atoms with E-state index in [1.54, 1.807) is 17.3 Å². The van der Waals surface area contributed by atoms with E-state index >= 15 is 0 Å². The fraction of sp³-hybridized carbons (Fsp3) is 0.733. The molecule has 0 saturated heterocycles. The van der Waals surface area contributed by atoms with E-state index in [0.717, 1.165) is 25.7 Å². The monoisotopic (exact) mass is 333 g/mol. The number of aryl methyl sites for hydroxylation is 1. The highest BCUT2D eigenvalue weighted by Gasteiger charge is 2.35. The van der Waals surface area contributed by atoms with Crippen molar-refractivity contribution in [1.82, 2.24) is 4.31 Å². The van der Waals surface area contributed by atoms with Gasteiger partial charge in [-0.15, -0.1) is 11.6 Å². The van der Waals surface area contributed by atoms with Crippen molar-refractivity contribution in [2.24, 2.45) is 5.92 Å². The summed E-state index contributed by atoms with van der Waals surface area (Å²) in [5.41, 5.74) is 0. The van der Waals surface area contributed by atoms with E-state index in [2.05, 4.69) is 0 Å². The van der Waals surface area contributed by atoms with Gasteiger partial charge < -0.3 is 4.42 Å². The molecule has 0 bridgehead atoms. The highest BCUT2D eigenvalue weighted by atomic mass is 35.5. The van der Waals surface area contributed by atoms with Gasteiger partial charge in [0.2, 0.25) is 10.0 Å². The summed E-state index contributed by atoms with van der Waals surface area (Å²) in [6.07, 6.45) is 4.11. The Morgan fingerprint density at radius 1 is 1.38 bits per heavy atom. The second-order valence-corrected chi connectivity index (χ2v) is 8.30. The maximum Gasteiger partial charge on any atom is 0.246 e. The zero-order valence-corrected chi connectivity index (χ0v) is 14.5. The van der Waals surface area contributed by atoms with Gasteiger partial charge in [-0.2, -0.15) is 4.31 Å². The number of alkyl halides is 1. The summed E-state index contributed by atoms with van der Waals surface area (Å²) < 4.78 is 33.2. The van der Waals surface area contributed by atoms with E-state index in [0.29, 0.717) is 24.0 Å². The van der Waals surface area contributed by atoms with Crippen LogP contribution in [-0.2, 0) is 15.9 Å². The molecule has 1 aromatic heterocycles. The average molecular weight is 334 g/mol. The topological polar surface area (TPSA) is 50.5 Å². The Kier molecular flexibility index (Phi) is 5.38. The third-order valence-corrected chi connectivity index (χ3v) is 6.21. The number of sulfonamides is 1. The zero-order valence-electron chi connectivity index (χ0n) is 12.9. The molecular weight excluding hydrogens is 310 g/mol. The van der Waals surface area contributed by atoms with Gasteiger partial charge in [0.15, 0.2) is 0 Å². The first-order valence-electron chi connectivity index (χ1n) is 7.53. The number of furan rings is 1. The Bertz CT molecular complexity index is 574. The van der Waals surface area contributed by atoms with Crippen LogP contribution in [0.3, 0.4) is 0 Å². The quantitative estimate of drug-likeness (QED) is 0.741. The lowest BCUT2D eigenvalue weighted by Gasteiger charge is -2.29. The number of rotatable bonds is 6. The molecule has 2 rings (SSSR count). The molecule has 1 aromatic rings. The molecule has 1 fully saturated rings. The number of nitrogens with zero attached hydrogens (tertiary/aromatic N) is 1. The van der Waals surface area contributed by atoms with Crippen molar-refractivity contribution in [1.29, 1.82) is 0 Å². The molecule has 120 valence electrons. The van der Waals surface area contributed by atoms with Crippen LogP contribution in [0.4, 0.5) is 0 Å². The van der Waals surface area contributed by atoms with E-state index in [4.69, 9.17) is 16.0 Å². The van der Waals surface area contributed by atoms with E-state index in [-0.39, 0.29) is 16.8 Å². The van der Waals surface area contributed by atoms with E-state index in [1.165, 1.54) is 0 Å². The summed E-state index contributed by atoms with van der Waals surface area (Å²) >= 11 is 5.75. The predicted molar refractivity (Wildman–Crippen MR) is 84.0 cm³/mol. The minimum Gasteiger partial charge on any atom is -0.464 e. The maximum absolute atomic E-state index is 13.0. The van der Waals surface area contributed by atoms with E-state index < -0.39 is 10.0 Å².